The Labute approximate surface area is 161 Å². The molecule has 0 aliphatic carbocycles. The summed E-state index contributed by atoms with van der Waals surface area (Å²) in [7, 11) is 1.70. The topological polar surface area (TPSA) is 123 Å². The predicted octanol–water partition coefficient (Wildman–Crippen LogP) is 2.06. The van der Waals surface area contributed by atoms with Gasteiger partial charge >= 0.3 is 5.97 Å². The number of nitrogens with two attached hydrogens (primary N) is 1. The Bertz CT molecular complexity index is 1140. The molecule has 1 aromatic carbocycles. The number of nitrogens with zero attached hydrogens (tertiary/aromatic N) is 3. The minimum absolute atomic E-state index is 0.00554. The van der Waals surface area contributed by atoms with Crippen LogP contribution in [0.2, 0.25) is 0 Å². The molecule has 140 valence electrons. The molecule has 0 radical (unpaired) electrons. The number of rotatable bonds is 3. The first-order valence-corrected chi connectivity index (χ1v) is 8.26. The molecule has 2 aromatic heterocycles. The van der Waals surface area contributed by atoms with Crippen LogP contribution >= 0.6 is 0 Å². The van der Waals surface area contributed by atoms with Gasteiger partial charge in [0, 0.05) is 24.5 Å². The standard InChI is InChI=1S/C20H17N5O3/c1-12-8-17(25(2)24-12)19(26)23-16-5-3-4-13(9-16)6-7-14-10-15(20(27)28)11-22-18(14)21/h3-5,8-11H,1-2H3,(H2,21,22)(H,23,26)(H,27,28). The van der Waals surface area contributed by atoms with E-state index in [4.69, 9.17) is 10.8 Å². The van der Waals surface area contributed by atoms with Crippen molar-refractivity contribution < 1.29 is 14.7 Å². The molecule has 0 spiro atoms. The van der Waals surface area contributed by atoms with Crippen molar-refractivity contribution in [2.75, 3.05) is 11.1 Å². The van der Waals surface area contributed by atoms with Crippen molar-refractivity contribution in [3.8, 4) is 11.8 Å². The average molecular weight is 375 g/mol. The lowest BCUT2D eigenvalue weighted by Crippen LogP contribution is -2.16. The van der Waals surface area contributed by atoms with E-state index in [1.54, 1.807) is 37.4 Å². The lowest BCUT2D eigenvalue weighted by Gasteiger charge is -2.05. The number of aromatic nitrogens is 3. The Hall–Kier alpha value is -4.12. The zero-order valence-electron chi connectivity index (χ0n) is 15.2. The molecule has 0 atom stereocenters. The minimum atomic E-state index is -1.11. The Morgan fingerprint density at radius 1 is 1.21 bits per heavy atom. The van der Waals surface area contributed by atoms with Crippen LogP contribution in [0.5, 0.6) is 0 Å². The number of carboxylic acid groups (broad SMARTS) is 1. The fourth-order valence-corrected chi connectivity index (χ4v) is 2.52. The monoisotopic (exact) mass is 375 g/mol. The number of aryl methyl sites for hydroxylation is 2. The minimum Gasteiger partial charge on any atom is -0.478 e. The molecule has 0 bridgehead atoms. The van der Waals surface area contributed by atoms with E-state index in [0.29, 0.717) is 22.5 Å². The van der Waals surface area contributed by atoms with Gasteiger partial charge in [-0.2, -0.15) is 5.10 Å². The Balaban J connectivity index is 1.82. The number of carbonyl (C=O) groups excluding carboxylic acids is 1. The molecule has 0 fully saturated rings. The Morgan fingerprint density at radius 3 is 2.68 bits per heavy atom. The van der Waals surface area contributed by atoms with Crippen molar-refractivity contribution >= 4 is 23.4 Å². The van der Waals surface area contributed by atoms with Crippen molar-refractivity contribution in [1.29, 1.82) is 0 Å². The largest absolute Gasteiger partial charge is 0.478 e. The summed E-state index contributed by atoms with van der Waals surface area (Å²) in [6.45, 7) is 1.81. The molecule has 3 rings (SSSR count). The summed E-state index contributed by atoms with van der Waals surface area (Å²) in [5.41, 5.74) is 8.47. The van der Waals surface area contributed by atoms with Crippen molar-refractivity contribution in [1.82, 2.24) is 14.8 Å². The van der Waals surface area contributed by atoms with E-state index in [-0.39, 0.29) is 17.3 Å². The highest BCUT2D eigenvalue weighted by Gasteiger charge is 2.12. The maximum Gasteiger partial charge on any atom is 0.337 e. The summed E-state index contributed by atoms with van der Waals surface area (Å²) in [5.74, 6) is 4.49. The summed E-state index contributed by atoms with van der Waals surface area (Å²) in [6.07, 6.45) is 1.18. The lowest BCUT2D eigenvalue weighted by molar-refractivity contribution is 0.0696. The van der Waals surface area contributed by atoms with Crippen molar-refractivity contribution in [3.05, 3.63) is 70.7 Å². The molecule has 0 saturated heterocycles. The number of nitrogen functional groups attached to an aromatic ring is 1. The summed E-state index contributed by atoms with van der Waals surface area (Å²) in [4.78, 5) is 27.3. The molecule has 4 N–H and O–H groups in total. The van der Waals surface area contributed by atoms with E-state index in [1.165, 1.54) is 16.9 Å². The Morgan fingerprint density at radius 2 is 2.00 bits per heavy atom. The molecule has 1 amide bonds. The van der Waals surface area contributed by atoms with Gasteiger partial charge in [-0.3, -0.25) is 9.48 Å². The molecule has 3 aromatic rings. The summed E-state index contributed by atoms with van der Waals surface area (Å²) < 4.78 is 1.51. The van der Waals surface area contributed by atoms with E-state index < -0.39 is 5.97 Å². The van der Waals surface area contributed by atoms with E-state index in [2.05, 4.69) is 27.2 Å². The number of carboxylic acids is 1. The summed E-state index contributed by atoms with van der Waals surface area (Å²) in [5, 5.41) is 16.0. The van der Waals surface area contributed by atoms with Crippen LogP contribution in [0.1, 0.15) is 37.7 Å². The summed E-state index contributed by atoms with van der Waals surface area (Å²) in [6, 6.07) is 10.0. The van der Waals surface area contributed by atoms with E-state index >= 15 is 0 Å². The zero-order chi connectivity index (χ0) is 20.3. The van der Waals surface area contributed by atoms with Gasteiger partial charge in [0.15, 0.2) is 0 Å². The number of benzene rings is 1. The molecular weight excluding hydrogens is 358 g/mol. The highest BCUT2D eigenvalue weighted by molar-refractivity contribution is 6.03. The quantitative estimate of drug-likeness (QED) is 0.602. The Kier molecular flexibility index (Phi) is 5.09. The van der Waals surface area contributed by atoms with E-state index in [1.807, 2.05) is 6.92 Å². The van der Waals surface area contributed by atoms with Crippen molar-refractivity contribution in [3.63, 3.8) is 0 Å². The third kappa shape index (κ3) is 4.16. The van der Waals surface area contributed by atoms with Crippen molar-refractivity contribution in [2.24, 2.45) is 7.05 Å². The fraction of sp³-hybridized carbons (Fsp3) is 0.100. The molecule has 2 heterocycles. The van der Waals surface area contributed by atoms with Gasteiger partial charge < -0.3 is 16.2 Å². The van der Waals surface area contributed by atoms with Gasteiger partial charge in [0.25, 0.3) is 5.91 Å². The first-order valence-electron chi connectivity index (χ1n) is 8.26. The third-order valence-electron chi connectivity index (χ3n) is 3.86. The van der Waals surface area contributed by atoms with Gasteiger partial charge in [0.1, 0.15) is 11.5 Å². The van der Waals surface area contributed by atoms with Crippen LogP contribution in [-0.4, -0.2) is 31.7 Å². The average Bonchev–Trinajstić information content (AvgIpc) is 2.99. The van der Waals surface area contributed by atoms with Gasteiger partial charge in [-0.25, -0.2) is 9.78 Å². The second-order valence-corrected chi connectivity index (χ2v) is 6.04. The second kappa shape index (κ2) is 7.63. The van der Waals surface area contributed by atoms with Crippen LogP contribution in [0.4, 0.5) is 11.5 Å². The van der Waals surface area contributed by atoms with E-state index in [9.17, 15) is 9.59 Å². The number of nitrogens with one attached hydrogen (secondary N) is 1. The smallest absolute Gasteiger partial charge is 0.337 e. The number of pyridine rings is 1. The number of carbonyl (C=O) groups is 2. The van der Waals surface area contributed by atoms with Crippen LogP contribution in [0.3, 0.4) is 0 Å². The third-order valence-corrected chi connectivity index (χ3v) is 3.86. The molecule has 0 aliphatic rings. The number of anilines is 2. The highest BCUT2D eigenvalue weighted by Crippen LogP contribution is 2.14. The maximum absolute atomic E-state index is 12.4. The molecule has 8 heteroatoms. The molecule has 0 unspecified atom stereocenters. The second-order valence-electron chi connectivity index (χ2n) is 6.04. The van der Waals surface area contributed by atoms with Crippen LogP contribution in [0.25, 0.3) is 0 Å². The van der Waals surface area contributed by atoms with Gasteiger partial charge in [-0.1, -0.05) is 17.9 Å². The van der Waals surface area contributed by atoms with Crippen LogP contribution in [0.15, 0.2) is 42.6 Å². The predicted molar refractivity (Wildman–Crippen MR) is 104 cm³/mol. The lowest BCUT2D eigenvalue weighted by atomic mass is 10.1. The van der Waals surface area contributed by atoms with Gasteiger partial charge in [0.2, 0.25) is 0 Å². The number of amides is 1. The van der Waals surface area contributed by atoms with E-state index in [0.717, 1.165) is 5.69 Å². The summed E-state index contributed by atoms with van der Waals surface area (Å²) >= 11 is 0. The molecule has 0 aliphatic heterocycles. The first kappa shape index (κ1) is 18.7. The molecule has 8 nitrogen and oxygen atoms in total. The first-order chi connectivity index (χ1) is 13.3. The van der Waals surface area contributed by atoms with Crippen LogP contribution in [-0.2, 0) is 7.05 Å². The number of hydrogen-bond acceptors (Lipinski definition) is 5. The molecule has 0 saturated carbocycles. The van der Waals surface area contributed by atoms with Crippen molar-refractivity contribution in [2.45, 2.75) is 6.92 Å². The van der Waals surface area contributed by atoms with Gasteiger partial charge in [-0.15, -0.1) is 0 Å². The highest BCUT2D eigenvalue weighted by atomic mass is 16.4. The fourth-order valence-electron chi connectivity index (χ4n) is 2.52. The molecular formula is C20H17N5O3. The number of aromatic carboxylic acids is 1. The molecule has 28 heavy (non-hydrogen) atoms. The zero-order valence-corrected chi connectivity index (χ0v) is 15.2. The van der Waals surface area contributed by atoms with Gasteiger partial charge in [0.05, 0.1) is 16.8 Å². The van der Waals surface area contributed by atoms with Crippen LogP contribution in [0, 0.1) is 18.8 Å². The number of hydrogen-bond donors (Lipinski definition) is 3. The SMILES string of the molecule is Cc1cc(C(=O)Nc2cccc(C#Cc3cc(C(=O)O)cnc3N)c2)n(C)n1. The normalized spacial score (nSPS) is 10.1. The van der Waals surface area contributed by atoms with Gasteiger partial charge in [-0.05, 0) is 37.3 Å². The maximum atomic E-state index is 12.4. The van der Waals surface area contributed by atoms with Crippen LogP contribution < -0.4 is 11.1 Å².